The van der Waals surface area contributed by atoms with E-state index in [1.807, 2.05) is 0 Å². The standard InChI is InChI=1S/C17H24N4O5S/c1-13(2)16(17(22)19-23)21(11-10-20-9-8-18-12-20)27(24,25)15-6-4-14(26-3)5-7-15/h4-9,12-13,16,23H,10-11H2,1-3H3,(H,19,22)/t16-/m1/s1. The molecular weight excluding hydrogens is 372 g/mol. The van der Waals surface area contributed by atoms with Gasteiger partial charge in [-0.2, -0.15) is 4.31 Å². The molecule has 2 N–H and O–H groups in total. The van der Waals surface area contributed by atoms with Crippen LogP contribution in [-0.4, -0.2) is 53.1 Å². The van der Waals surface area contributed by atoms with Gasteiger partial charge < -0.3 is 9.30 Å². The Morgan fingerprint density at radius 3 is 2.48 bits per heavy atom. The van der Waals surface area contributed by atoms with E-state index in [1.165, 1.54) is 31.4 Å². The van der Waals surface area contributed by atoms with E-state index in [2.05, 4.69) is 4.98 Å². The first-order valence-corrected chi connectivity index (χ1v) is 9.81. The molecule has 0 fully saturated rings. The van der Waals surface area contributed by atoms with Crippen LogP contribution in [0.2, 0.25) is 0 Å². The number of nitrogens with one attached hydrogen (secondary N) is 1. The van der Waals surface area contributed by atoms with Crippen molar-refractivity contribution in [1.82, 2.24) is 19.3 Å². The average Bonchev–Trinajstić information content (AvgIpc) is 3.17. The summed E-state index contributed by atoms with van der Waals surface area (Å²) >= 11 is 0. The Kier molecular flexibility index (Phi) is 6.94. The number of nitrogens with zero attached hydrogens (tertiary/aromatic N) is 3. The van der Waals surface area contributed by atoms with Gasteiger partial charge in [0.05, 0.1) is 18.3 Å². The van der Waals surface area contributed by atoms with Crippen molar-refractivity contribution < 1.29 is 23.2 Å². The van der Waals surface area contributed by atoms with Gasteiger partial charge in [-0.1, -0.05) is 13.8 Å². The van der Waals surface area contributed by atoms with Gasteiger partial charge in [-0.05, 0) is 30.2 Å². The molecule has 10 heteroatoms. The lowest BCUT2D eigenvalue weighted by molar-refractivity contribution is -0.134. The molecule has 0 aliphatic carbocycles. The average molecular weight is 396 g/mol. The van der Waals surface area contributed by atoms with Gasteiger partial charge in [0.15, 0.2) is 0 Å². The second kappa shape index (κ2) is 8.98. The Bertz CT molecular complexity index is 835. The van der Waals surface area contributed by atoms with Crippen LogP contribution in [0.5, 0.6) is 5.75 Å². The molecule has 0 bridgehead atoms. The summed E-state index contributed by atoms with van der Waals surface area (Å²) in [4.78, 5) is 16.2. The Hall–Kier alpha value is -2.43. The van der Waals surface area contributed by atoms with Crippen LogP contribution in [0, 0.1) is 5.92 Å². The van der Waals surface area contributed by atoms with E-state index in [0.29, 0.717) is 12.3 Å². The molecule has 0 unspecified atom stereocenters. The van der Waals surface area contributed by atoms with E-state index < -0.39 is 22.0 Å². The Morgan fingerprint density at radius 2 is 2.00 bits per heavy atom. The molecule has 0 saturated heterocycles. The fourth-order valence-electron chi connectivity index (χ4n) is 2.76. The number of carbonyl (C=O) groups excluding carboxylic acids is 1. The van der Waals surface area contributed by atoms with Crippen LogP contribution in [0.25, 0.3) is 0 Å². The van der Waals surface area contributed by atoms with Crippen molar-refractivity contribution in [2.45, 2.75) is 31.3 Å². The van der Waals surface area contributed by atoms with Gasteiger partial charge in [0.1, 0.15) is 11.8 Å². The van der Waals surface area contributed by atoms with Crippen LogP contribution in [0.1, 0.15) is 13.8 Å². The van der Waals surface area contributed by atoms with Crippen molar-refractivity contribution in [3.63, 3.8) is 0 Å². The van der Waals surface area contributed by atoms with Gasteiger partial charge in [-0.25, -0.2) is 18.9 Å². The lowest BCUT2D eigenvalue weighted by atomic mass is 10.0. The first-order chi connectivity index (χ1) is 12.8. The fraction of sp³-hybridized carbons (Fsp3) is 0.412. The maximum absolute atomic E-state index is 13.3. The summed E-state index contributed by atoms with van der Waals surface area (Å²) in [5, 5.41) is 9.11. The van der Waals surface area contributed by atoms with E-state index >= 15 is 0 Å². The molecule has 2 rings (SSSR count). The highest BCUT2D eigenvalue weighted by Crippen LogP contribution is 2.24. The zero-order valence-electron chi connectivity index (χ0n) is 15.4. The van der Waals surface area contributed by atoms with Crippen LogP contribution in [0.4, 0.5) is 0 Å². The van der Waals surface area contributed by atoms with E-state index in [9.17, 15) is 13.2 Å². The number of hydrogen-bond acceptors (Lipinski definition) is 6. The molecule has 0 aliphatic heterocycles. The number of rotatable bonds is 9. The lowest BCUT2D eigenvalue weighted by Gasteiger charge is -2.32. The van der Waals surface area contributed by atoms with Crippen LogP contribution < -0.4 is 10.2 Å². The molecule has 0 aliphatic rings. The predicted molar refractivity (Wildman–Crippen MR) is 97.7 cm³/mol. The monoisotopic (exact) mass is 396 g/mol. The van der Waals surface area contributed by atoms with Gasteiger partial charge in [0.2, 0.25) is 10.0 Å². The number of ether oxygens (including phenoxy) is 1. The summed E-state index contributed by atoms with van der Waals surface area (Å²) in [6.45, 7) is 3.76. The second-order valence-electron chi connectivity index (χ2n) is 6.26. The van der Waals surface area contributed by atoms with Gasteiger partial charge in [0, 0.05) is 25.5 Å². The number of aromatic nitrogens is 2. The minimum Gasteiger partial charge on any atom is -0.497 e. The summed E-state index contributed by atoms with van der Waals surface area (Å²) in [6, 6.07) is 4.85. The summed E-state index contributed by atoms with van der Waals surface area (Å²) in [6.07, 6.45) is 4.85. The zero-order chi connectivity index (χ0) is 20.0. The molecule has 1 aromatic heterocycles. The van der Waals surface area contributed by atoms with Crippen molar-refractivity contribution in [3.8, 4) is 5.75 Å². The summed E-state index contributed by atoms with van der Waals surface area (Å²) in [5.41, 5.74) is 1.58. The number of benzene rings is 1. The third kappa shape index (κ3) is 4.85. The normalized spacial score (nSPS) is 13.0. The Balaban J connectivity index is 2.42. The smallest absolute Gasteiger partial charge is 0.262 e. The largest absolute Gasteiger partial charge is 0.497 e. The number of amides is 1. The number of hydrogen-bond donors (Lipinski definition) is 2. The number of carbonyl (C=O) groups is 1. The fourth-order valence-corrected chi connectivity index (χ4v) is 4.47. The SMILES string of the molecule is COc1ccc(S(=O)(=O)N(CCn2ccnc2)[C@@H](C(=O)NO)C(C)C)cc1. The molecule has 1 heterocycles. The van der Waals surface area contributed by atoms with Gasteiger partial charge >= 0.3 is 0 Å². The van der Waals surface area contributed by atoms with E-state index in [-0.39, 0.29) is 17.4 Å². The van der Waals surface area contributed by atoms with E-state index in [0.717, 1.165) is 4.31 Å². The second-order valence-corrected chi connectivity index (χ2v) is 8.15. The molecule has 0 saturated carbocycles. The van der Waals surface area contributed by atoms with E-state index in [1.54, 1.807) is 42.6 Å². The predicted octanol–water partition coefficient (Wildman–Crippen LogP) is 1.11. The molecule has 27 heavy (non-hydrogen) atoms. The van der Waals surface area contributed by atoms with Crippen molar-refractivity contribution in [2.24, 2.45) is 5.92 Å². The van der Waals surface area contributed by atoms with Crippen LogP contribution >= 0.6 is 0 Å². The minimum absolute atomic E-state index is 0.0288. The number of hydroxylamine groups is 1. The quantitative estimate of drug-likeness (QED) is 0.485. The maximum Gasteiger partial charge on any atom is 0.262 e. The minimum atomic E-state index is -4.01. The van der Waals surface area contributed by atoms with Crippen molar-refractivity contribution >= 4 is 15.9 Å². The van der Waals surface area contributed by atoms with Crippen molar-refractivity contribution in [2.75, 3.05) is 13.7 Å². The van der Waals surface area contributed by atoms with Crippen LogP contribution in [-0.2, 0) is 21.4 Å². The highest BCUT2D eigenvalue weighted by Gasteiger charge is 2.37. The lowest BCUT2D eigenvalue weighted by Crippen LogP contribution is -2.52. The summed E-state index contributed by atoms with van der Waals surface area (Å²) < 4.78 is 34.4. The maximum atomic E-state index is 13.3. The highest BCUT2D eigenvalue weighted by atomic mass is 32.2. The Labute approximate surface area is 158 Å². The molecule has 1 amide bonds. The number of sulfonamides is 1. The first kappa shape index (κ1) is 20.9. The van der Waals surface area contributed by atoms with Crippen molar-refractivity contribution in [3.05, 3.63) is 43.0 Å². The van der Waals surface area contributed by atoms with Gasteiger partial charge in [-0.3, -0.25) is 10.0 Å². The number of methoxy groups -OCH3 is 1. The van der Waals surface area contributed by atoms with Crippen LogP contribution in [0.15, 0.2) is 47.9 Å². The van der Waals surface area contributed by atoms with E-state index in [4.69, 9.17) is 9.94 Å². The van der Waals surface area contributed by atoms with Gasteiger partial charge in [-0.15, -0.1) is 0 Å². The molecule has 9 nitrogen and oxygen atoms in total. The molecule has 1 atom stereocenters. The zero-order valence-corrected chi connectivity index (χ0v) is 16.3. The highest BCUT2D eigenvalue weighted by molar-refractivity contribution is 7.89. The molecule has 0 radical (unpaired) electrons. The molecule has 1 aromatic carbocycles. The first-order valence-electron chi connectivity index (χ1n) is 8.36. The topological polar surface area (TPSA) is 114 Å². The molecule has 2 aromatic rings. The van der Waals surface area contributed by atoms with Gasteiger partial charge in [0.25, 0.3) is 5.91 Å². The van der Waals surface area contributed by atoms with Crippen LogP contribution in [0.3, 0.4) is 0 Å². The molecular formula is C17H24N4O5S. The number of imidazole rings is 1. The summed E-state index contributed by atoms with van der Waals surface area (Å²) in [5.74, 6) is -0.631. The molecule has 0 spiro atoms. The Morgan fingerprint density at radius 1 is 1.33 bits per heavy atom. The molecule has 148 valence electrons. The third-order valence-electron chi connectivity index (χ3n) is 4.12. The third-order valence-corrected chi connectivity index (χ3v) is 6.02. The summed E-state index contributed by atoms with van der Waals surface area (Å²) in [7, 11) is -2.52. The van der Waals surface area contributed by atoms with Crippen molar-refractivity contribution in [1.29, 1.82) is 0 Å².